The van der Waals surface area contributed by atoms with E-state index in [0.717, 1.165) is 94.5 Å². The third-order valence-electron chi connectivity index (χ3n) is 25.2. The van der Waals surface area contributed by atoms with E-state index in [-0.39, 0.29) is 0 Å². The van der Waals surface area contributed by atoms with Gasteiger partial charge in [-0.2, -0.15) is 0 Å². The number of rotatable bonds is 7. The molecule has 0 amide bonds. The van der Waals surface area contributed by atoms with Crippen LogP contribution in [0.5, 0.6) is 11.5 Å². The first-order chi connectivity index (χ1) is 30.8. The standard InChI is InChI=1S/C62H79O/c1-2-4-51(5-3-1)63-57-55(61-30-45-15-46(31-61)17-47(16-45)32-61)53(59-24-39-9-40(25-59)11-41(10-39)26-59)52(58-21-36-6-37(22-58)8-38(7-36)23-58)54(60-27-42-12-43(28-60)14-44(13-42)29-60)56(57)62-33-48-18-49(34-62)20-50(19-48)35-62/h1-4,36-50H,6-35H2. The molecule has 1 heteroatoms. The van der Waals surface area contributed by atoms with Crippen LogP contribution in [0.1, 0.15) is 220 Å². The van der Waals surface area contributed by atoms with Gasteiger partial charge in [-0.15, -0.1) is 0 Å². The summed E-state index contributed by atoms with van der Waals surface area (Å²) in [5, 5.41) is 0. The Labute approximate surface area is 381 Å². The van der Waals surface area contributed by atoms with Gasteiger partial charge in [0.25, 0.3) is 0 Å². The maximum atomic E-state index is 8.35. The Hall–Kier alpha value is -1.76. The monoisotopic (exact) mass is 840 g/mol. The second kappa shape index (κ2) is 12.5. The van der Waals surface area contributed by atoms with Crippen molar-refractivity contribution < 1.29 is 4.74 Å². The topological polar surface area (TPSA) is 9.23 Å². The minimum atomic E-state index is 0.311. The second-order valence-corrected chi connectivity index (χ2v) is 29.5. The Morgan fingerprint density at radius 2 is 0.524 bits per heavy atom. The summed E-state index contributed by atoms with van der Waals surface area (Å²) in [4.78, 5) is 0. The molecular formula is C62H79O. The lowest BCUT2D eigenvalue weighted by Crippen LogP contribution is -2.58. The van der Waals surface area contributed by atoms with E-state index in [0.29, 0.717) is 27.1 Å². The molecule has 20 fully saturated rings. The minimum absolute atomic E-state index is 0.311. The van der Waals surface area contributed by atoms with E-state index >= 15 is 0 Å². The Balaban J connectivity index is 1.06. The van der Waals surface area contributed by atoms with Crippen molar-refractivity contribution in [1.82, 2.24) is 0 Å². The van der Waals surface area contributed by atoms with Crippen LogP contribution in [-0.4, -0.2) is 0 Å². The summed E-state index contributed by atoms with van der Waals surface area (Å²) in [5.41, 5.74) is 12.3. The molecular weight excluding hydrogens is 761 g/mol. The lowest BCUT2D eigenvalue weighted by molar-refractivity contribution is -0.0334. The SMILES string of the molecule is [c]1ccccc1Oc1c(C23CC4CC(CC(C4)C2)C3)c(C23CC4CC(CC(C4)C2)C3)c(C23CC4CC(CC(C4)C2)C3)c(C23CC4CC(CC(C4)C2)C3)c1C12CC3CC(CC(C3)C1)C2. The van der Waals surface area contributed by atoms with Crippen molar-refractivity contribution in [2.24, 2.45) is 88.8 Å². The lowest BCUT2D eigenvalue weighted by Gasteiger charge is -2.66. The van der Waals surface area contributed by atoms with Crippen molar-refractivity contribution >= 4 is 0 Å². The van der Waals surface area contributed by atoms with E-state index in [9.17, 15) is 0 Å². The van der Waals surface area contributed by atoms with Crippen LogP contribution in [0.4, 0.5) is 0 Å². The van der Waals surface area contributed by atoms with Gasteiger partial charge in [0.05, 0.1) is 0 Å². The first kappa shape index (κ1) is 37.2. The van der Waals surface area contributed by atoms with E-state index in [1.807, 2.05) is 11.1 Å². The quantitative estimate of drug-likeness (QED) is 0.270. The summed E-state index contributed by atoms with van der Waals surface area (Å²) in [5.74, 6) is 17.2. The summed E-state index contributed by atoms with van der Waals surface area (Å²) in [6.45, 7) is 0. The van der Waals surface area contributed by atoms with Crippen LogP contribution in [0.2, 0.25) is 0 Å². The van der Waals surface area contributed by atoms with Crippen molar-refractivity contribution in [2.75, 3.05) is 0 Å². The normalized spacial score (nSPS) is 55.1. The molecule has 0 unspecified atom stereocenters. The van der Waals surface area contributed by atoms with Gasteiger partial charge >= 0.3 is 0 Å². The van der Waals surface area contributed by atoms with Crippen LogP contribution in [-0.2, 0) is 27.1 Å². The van der Waals surface area contributed by atoms with E-state index in [2.05, 4.69) is 47.0 Å². The average Bonchev–Trinajstić information content (AvgIpc) is 3.21. The minimum Gasteiger partial charge on any atom is -0.456 e. The first-order valence-corrected chi connectivity index (χ1v) is 28.7. The van der Waals surface area contributed by atoms with Gasteiger partial charge in [0, 0.05) is 28.0 Å². The highest BCUT2D eigenvalue weighted by Crippen LogP contribution is 2.76. The van der Waals surface area contributed by atoms with Gasteiger partial charge in [-0.3, -0.25) is 0 Å². The molecule has 0 heterocycles. The zero-order chi connectivity index (χ0) is 40.7. The first-order valence-electron chi connectivity index (χ1n) is 28.7. The Morgan fingerprint density at radius 1 is 0.302 bits per heavy atom. The highest BCUT2D eigenvalue weighted by Gasteiger charge is 2.66. The van der Waals surface area contributed by atoms with Crippen molar-refractivity contribution in [1.29, 1.82) is 0 Å². The number of hydrogen-bond donors (Lipinski definition) is 0. The van der Waals surface area contributed by atoms with Crippen LogP contribution in [0.15, 0.2) is 24.3 Å². The molecule has 0 N–H and O–H groups in total. The summed E-state index contributed by atoms with van der Waals surface area (Å²) in [6, 6.07) is 12.9. The number of para-hydroxylation sites is 1. The summed E-state index contributed by atoms with van der Waals surface area (Å²) in [6.07, 6.45) is 46.2. The van der Waals surface area contributed by atoms with Gasteiger partial charge in [0.15, 0.2) is 0 Å². The Bertz CT molecular complexity index is 1960. The van der Waals surface area contributed by atoms with Crippen LogP contribution in [0.3, 0.4) is 0 Å². The fourth-order valence-corrected chi connectivity index (χ4v) is 26.1. The molecule has 20 aliphatic carbocycles. The van der Waals surface area contributed by atoms with Gasteiger partial charge in [-0.05, 0) is 320 Å². The summed E-state index contributed by atoms with van der Waals surface area (Å²) in [7, 11) is 0. The van der Waals surface area contributed by atoms with Gasteiger partial charge < -0.3 is 4.74 Å². The summed E-state index contributed by atoms with van der Waals surface area (Å²) < 4.78 is 8.35. The average molecular weight is 840 g/mol. The molecule has 22 rings (SSSR count). The molecule has 0 aliphatic heterocycles. The largest absolute Gasteiger partial charge is 0.456 e. The molecule has 20 aliphatic rings. The van der Waals surface area contributed by atoms with Gasteiger partial charge in [0.1, 0.15) is 11.5 Å². The van der Waals surface area contributed by atoms with Gasteiger partial charge in [-0.1, -0.05) is 18.2 Å². The van der Waals surface area contributed by atoms with Gasteiger partial charge in [-0.25, -0.2) is 0 Å². The Morgan fingerprint density at radius 3 is 0.746 bits per heavy atom. The molecule has 0 spiro atoms. The maximum Gasteiger partial charge on any atom is 0.135 e. The third kappa shape index (κ3) is 5.15. The van der Waals surface area contributed by atoms with Crippen LogP contribution < -0.4 is 4.74 Å². The van der Waals surface area contributed by atoms with E-state index in [4.69, 9.17) is 4.74 Å². The molecule has 63 heavy (non-hydrogen) atoms. The predicted molar refractivity (Wildman–Crippen MR) is 251 cm³/mol. The second-order valence-electron chi connectivity index (χ2n) is 29.5. The molecule has 0 saturated heterocycles. The maximum absolute atomic E-state index is 8.35. The van der Waals surface area contributed by atoms with Crippen LogP contribution in [0, 0.1) is 94.8 Å². The van der Waals surface area contributed by atoms with Crippen LogP contribution >= 0.6 is 0 Å². The number of benzene rings is 2. The number of hydrogen-bond acceptors (Lipinski definition) is 1. The smallest absolute Gasteiger partial charge is 0.135 e. The van der Waals surface area contributed by atoms with E-state index in [1.165, 1.54) is 77.0 Å². The highest BCUT2D eigenvalue weighted by molar-refractivity contribution is 5.69. The van der Waals surface area contributed by atoms with E-state index in [1.54, 1.807) is 121 Å². The molecule has 20 bridgehead atoms. The fraction of sp³-hybridized carbons (Fsp3) is 0.806. The Kier molecular flexibility index (Phi) is 7.37. The van der Waals surface area contributed by atoms with Crippen molar-refractivity contribution in [3.8, 4) is 11.5 Å². The molecule has 333 valence electrons. The van der Waals surface area contributed by atoms with Gasteiger partial charge in [0.2, 0.25) is 0 Å². The van der Waals surface area contributed by atoms with Crippen molar-refractivity contribution in [3.05, 3.63) is 58.1 Å². The molecule has 20 saturated carbocycles. The van der Waals surface area contributed by atoms with Crippen LogP contribution in [0.25, 0.3) is 0 Å². The molecule has 1 nitrogen and oxygen atoms in total. The lowest BCUT2D eigenvalue weighted by atomic mass is 9.38. The zero-order valence-corrected chi connectivity index (χ0v) is 39.1. The molecule has 2 aromatic carbocycles. The summed E-state index contributed by atoms with van der Waals surface area (Å²) >= 11 is 0. The molecule has 0 atom stereocenters. The zero-order valence-electron chi connectivity index (χ0n) is 39.1. The fourth-order valence-electron chi connectivity index (χ4n) is 26.1. The number of ether oxygens (including phenoxy) is 1. The van der Waals surface area contributed by atoms with E-state index < -0.39 is 0 Å². The van der Waals surface area contributed by atoms with Crippen molar-refractivity contribution in [3.63, 3.8) is 0 Å². The third-order valence-corrected chi connectivity index (χ3v) is 25.2. The molecule has 1 radical (unpaired) electrons. The van der Waals surface area contributed by atoms with Crippen molar-refractivity contribution in [2.45, 2.75) is 220 Å². The predicted octanol–water partition coefficient (Wildman–Crippen LogP) is 15.6. The molecule has 2 aromatic rings. The molecule has 0 aromatic heterocycles. The highest BCUT2D eigenvalue weighted by atomic mass is 16.5.